The van der Waals surface area contributed by atoms with E-state index >= 15 is 0 Å². The van der Waals surface area contributed by atoms with Crippen molar-refractivity contribution in [2.24, 2.45) is 17.8 Å². The predicted octanol–water partition coefficient (Wildman–Crippen LogP) is 3.20. The van der Waals surface area contributed by atoms with Gasteiger partial charge in [-0.2, -0.15) is 0 Å². The van der Waals surface area contributed by atoms with Crippen molar-refractivity contribution in [3.8, 4) is 0 Å². The lowest BCUT2D eigenvalue weighted by Gasteiger charge is -2.17. The number of rotatable bonds is 6. The first-order valence-electron chi connectivity index (χ1n) is 8.26. The van der Waals surface area contributed by atoms with Crippen molar-refractivity contribution in [2.45, 2.75) is 45.6 Å². The molecule has 2 aliphatic rings. The molecule has 2 saturated carbocycles. The lowest BCUT2D eigenvalue weighted by Crippen LogP contribution is -2.38. The highest BCUT2D eigenvalue weighted by atomic mass is 16.2. The van der Waals surface area contributed by atoms with Gasteiger partial charge in [0.25, 0.3) is 5.91 Å². The first kappa shape index (κ1) is 15.1. The smallest absolute Gasteiger partial charge is 0.251 e. The quantitative estimate of drug-likeness (QED) is 0.847. The van der Waals surface area contributed by atoms with Gasteiger partial charge in [-0.05, 0) is 61.8 Å². The van der Waals surface area contributed by atoms with Crippen molar-refractivity contribution in [2.75, 3.05) is 5.32 Å². The molecule has 4 heteroatoms. The molecule has 0 bridgehead atoms. The maximum absolute atomic E-state index is 12.4. The van der Waals surface area contributed by atoms with E-state index in [-0.39, 0.29) is 17.7 Å². The summed E-state index contributed by atoms with van der Waals surface area (Å²) < 4.78 is 0. The number of benzene rings is 1. The molecular weight excluding hydrogens is 276 g/mol. The van der Waals surface area contributed by atoms with Crippen molar-refractivity contribution in [1.82, 2.24) is 5.32 Å². The fourth-order valence-corrected chi connectivity index (χ4v) is 2.76. The second-order valence-electron chi connectivity index (χ2n) is 6.90. The number of nitrogens with one attached hydrogen (secondary N) is 2. The second kappa shape index (κ2) is 6.11. The zero-order chi connectivity index (χ0) is 15.7. The van der Waals surface area contributed by atoms with E-state index in [1.807, 2.05) is 13.8 Å². The highest BCUT2D eigenvalue weighted by Crippen LogP contribution is 2.44. The largest absolute Gasteiger partial charge is 0.349 e. The molecule has 0 spiro atoms. The third-order valence-electron chi connectivity index (χ3n) is 4.50. The lowest BCUT2D eigenvalue weighted by molar-refractivity contribution is -0.118. The monoisotopic (exact) mass is 300 g/mol. The zero-order valence-electron chi connectivity index (χ0n) is 13.3. The molecule has 0 heterocycles. The molecule has 22 heavy (non-hydrogen) atoms. The Morgan fingerprint density at radius 3 is 2.00 bits per heavy atom. The minimum absolute atomic E-state index is 0.00513. The van der Waals surface area contributed by atoms with Crippen LogP contribution in [0, 0.1) is 17.8 Å². The van der Waals surface area contributed by atoms with Crippen LogP contribution >= 0.6 is 0 Å². The Balaban J connectivity index is 1.59. The molecule has 3 rings (SSSR count). The number of carbonyl (C=O) groups excluding carboxylic acids is 2. The Morgan fingerprint density at radius 2 is 1.55 bits per heavy atom. The minimum atomic E-state index is -0.0548. The van der Waals surface area contributed by atoms with Crippen LogP contribution in [-0.2, 0) is 4.79 Å². The summed E-state index contributed by atoms with van der Waals surface area (Å²) in [4.78, 5) is 24.0. The van der Waals surface area contributed by atoms with Crippen LogP contribution in [0.15, 0.2) is 24.3 Å². The topological polar surface area (TPSA) is 58.2 Å². The van der Waals surface area contributed by atoms with Gasteiger partial charge in [0.1, 0.15) is 0 Å². The summed E-state index contributed by atoms with van der Waals surface area (Å²) in [6.45, 7) is 3.71. The Bertz CT molecular complexity index is 545. The Hall–Kier alpha value is -1.84. The van der Waals surface area contributed by atoms with Gasteiger partial charge in [-0.25, -0.2) is 0 Å². The molecule has 1 aromatic carbocycles. The summed E-state index contributed by atoms with van der Waals surface area (Å²) >= 11 is 0. The number of hydrogen-bond acceptors (Lipinski definition) is 2. The maximum Gasteiger partial charge on any atom is 0.251 e. The van der Waals surface area contributed by atoms with Crippen LogP contribution in [0.1, 0.15) is 49.9 Å². The molecule has 2 N–H and O–H groups in total. The van der Waals surface area contributed by atoms with E-state index in [1.54, 1.807) is 24.3 Å². The molecular formula is C18H24N2O2. The summed E-state index contributed by atoms with van der Waals surface area (Å²) in [5.74, 6) is 1.33. The maximum atomic E-state index is 12.4. The summed E-state index contributed by atoms with van der Waals surface area (Å²) in [5, 5.41) is 6.04. The molecule has 118 valence electrons. The SMILES string of the molecule is CC(C)C(=O)Nc1ccc(C(=O)NC(C2CC2)C2CC2)cc1. The van der Waals surface area contributed by atoms with Gasteiger partial charge in [-0.15, -0.1) is 0 Å². The van der Waals surface area contributed by atoms with Crippen molar-refractivity contribution in [1.29, 1.82) is 0 Å². The van der Waals surface area contributed by atoms with Gasteiger partial charge >= 0.3 is 0 Å². The van der Waals surface area contributed by atoms with Crippen LogP contribution in [-0.4, -0.2) is 17.9 Å². The number of amides is 2. The molecule has 0 atom stereocenters. The van der Waals surface area contributed by atoms with E-state index in [9.17, 15) is 9.59 Å². The van der Waals surface area contributed by atoms with Crippen molar-refractivity contribution < 1.29 is 9.59 Å². The van der Waals surface area contributed by atoms with Crippen LogP contribution in [0.5, 0.6) is 0 Å². The molecule has 2 aliphatic carbocycles. The fourth-order valence-electron chi connectivity index (χ4n) is 2.76. The predicted molar refractivity (Wildman–Crippen MR) is 86.6 cm³/mol. The van der Waals surface area contributed by atoms with Crippen LogP contribution in [0.3, 0.4) is 0 Å². The second-order valence-corrected chi connectivity index (χ2v) is 6.90. The van der Waals surface area contributed by atoms with Gasteiger partial charge in [-0.3, -0.25) is 9.59 Å². The Kier molecular flexibility index (Phi) is 4.19. The van der Waals surface area contributed by atoms with E-state index in [1.165, 1.54) is 25.7 Å². The van der Waals surface area contributed by atoms with Crippen LogP contribution in [0.2, 0.25) is 0 Å². The normalized spacial score (nSPS) is 17.6. The zero-order valence-corrected chi connectivity index (χ0v) is 13.3. The average Bonchev–Trinajstić information content (AvgIpc) is 3.39. The van der Waals surface area contributed by atoms with Gasteiger partial charge in [0, 0.05) is 23.2 Å². The molecule has 0 aromatic heterocycles. The number of carbonyl (C=O) groups is 2. The minimum Gasteiger partial charge on any atom is -0.349 e. The van der Waals surface area contributed by atoms with Crippen LogP contribution in [0.4, 0.5) is 5.69 Å². The third-order valence-corrected chi connectivity index (χ3v) is 4.50. The standard InChI is InChI=1S/C18H24N2O2/c1-11(2)17(21)19-15-9-7-14(8-10-15)18(22)20-16(12-3-4-12)13-5-6-13/h7-13,16H,3-6H2,1-2H3,(H,19,21)(H,20,22). The molecule has 2 fully saturated rings. The highest BCUT2D eigenvalue weighted by molar-refractivity contribution is 5.96. The van der Waals surface area contributed by atoms with Crippen molar-refractivity contribution in [3.05, 3.63) is 29.8 Å². The van der Waals surface area contributed by atoms with E-state index in [2.05, 4.69) is 10.6 Å². The lowest BCUT2D eigenvalue weighted by atomic mass is 10.1. The molecule has 0 unspecified atom stereocenters. The molecule has 0 radical (unpaired) electrons. The van der Waals surface area contributed by atoms with Gasteiger partial charge < -0.3 is 10.6 Å². The van der Waals surface area contributed by atoms with Crippen LogP contribution in [0.25, 0.3) is 0 Å². The van der Waals surface area contributed by atoms with Crippen molar-refractivity contribution >= 4 is 17.5 Å². The molecule has 1 aromatic rings. The Morgan fingerprint density at radius 1 is 1.00 bits per heavy atom. The molecule has 4 nitrogen and oxygen atoms in total. The third kappa shape index (κ3) is 3.67. The average molecular weight is 300 g/mol. The number of anilines is 1. The van der Waals surface area contributed by atoms with Gasteiger partial charge in [0.2, 0.25) is 5.91 Å². The fraction of sp³-hybridized carbons (Fsp3) is 0.556. The van der Waals surface area contributed by atoms with E-state index < -0.39 is 0 Å². The first-order chi connectivity index (χ1) is 10.5. The summed E-state index contributed by atoms with van der Waals surface area (Å²) in [5.41, 5.74) is 1.39. The summed E-state index contributed by atoms with van der Waals surface area (Å²) in [6, 6.07) is 7.51. The van der Waals surface area contributed by atoms with Crippen molar-refractivity contribution in [3.63, 3.8) is 0 Å². The highest BCUT2D eigenvalue weighted by Gasteiger charge is 2.42. The van der Waals surface area contributed by atoms with Crippen LogP contribution < -0.4 is 10.6 Å². The number of hydrogen-bond donors (Lipinski definition) is 2. The summed E-state index contributed by atoms with van der Waals surface area (Å²) in [7, 11) is 0. The van der Waals surface area contributed by atoms with Gasteiger partial charge in [-0.1, -0.05) is 13.8 Å². The van der Waals surface area contributed by atoms with E-state index in [0.29, 0.717) is 23.4 Å². The first-order valence-corrected chi connectivity index (χ1v) is 8.26. The van der Waals surface area contributed by atoms with E-state index in [4.69, 9.17) is 0 Å². The molecule has 2 amide bonds. The Labute approximate surface area is 131 Å². The van der Waals surface area contributed by atoms with Gasteiger partial charge in [0.05, 0.1) is 0 Å². The molecule has 0 aliphatic heterocycles. The van der Waals surface area contributed by atoms with Gasteiger partial charge in [0.15, 0.2) is 0 Å². The van der Waals surface area contributed by atoms with E-state index in [0.717, 1.165) is 5.69 Å². The summed E-state index contributed by atoms with van der Waals surface area (Å²) in [6.07, 6.45) is 5.01. The molecule has 0 saturated heterocycles.